The van der Waals surface area contributed by atoms with Crippen LogP contribution < -0.4 is 4.74 Å². The number of nitrogens with zero attached hydrogens (tertiary/aromatic N) is 3. The summed E-state index contributed by atoms with van der Waals surface area (Å²) in [6.07, 6.45) is 5.18. The Bertz CT molecular complexity index is 688. The molecule has 0 spiro atoms. The molecule has 5 heteroatoms. The van der Waals surface area contributed by atoms with Crippen molar-refractivity contribution >= 4 is 5.91 Å². The molecule has 2 heterocycles. The van der Waals surface area contributed by atoms with Crippen LogP contribution in [0.15, 0.2) is 48.8 Å². The maximum atomic E-state index is 12.7. The van der Waals surface area contributed by atoms with Gasteiger partial charge in [0, 0.05) is 45.1 Å². The Morgan fingerprint density at radius 1 is 1.08 bits per heavy atom. The average molecular weight is 353 g/mol. The molecular weight excluding hydrogens is 326 g/mol. The second-order valence-corrected chi connectivity index (χ2v) is 6.63. The molecule has 1 fully saturated rings. The van der Waals surface area contributed by atoms with E-state index in [9.17, 15) is 4.79 Å². The lowest BCUT2D eigenvalue weighted by Gasteiger charge is -2.22. The van der Waals surface area contributed by atoms with Gasteiger partial charge in [0.25, 0.3) is 0 Å². The predicted octanol–water partition coefficient (Wildman–Crippen LogP) is 2.76. The van der Waals surface area contributed by atoms with Gasteiger partial charge in [0.05, 0.1) is 13.0 Å². The highest BCUT2D eigenvalue weighted by Crippen LogP contribution is 2.14. The van der Waals surface area contributed by atoms with Crippen molar-refractivity contribution in [1.82, 2.24) is 14.8 Å². The van der Waals surface area contributed by atoms with Crippen LogP contribution in [-0.4, -0.2) is 53.5 Å². The summed E-state index contributed by atoms with van der Waals surface area (Å²) >= 11 is 0. The molecular formula is C21H27N3O2. The van der Waals surface area contributed by atoms with Gasteiger partial charge in [0.2, 0.25) is 5.91 Å². The standard InChI is InChI=1S/C21H27N3O2/c1-2-26-20-8-6-18(7-9-20)15-21(25)24-12-4-11-23(13-14-24)17-19-5-3-10-22-16-19/h3,5-10,16H,2,4,11-15,17H2,1H3. The molecule has 2 aromatic rings. The molecule has 0 saturated carbocycles. The van der Waals surface area contributed by atoms with Gasteiger partial charge < -0.3 is 9.64 Å². The summed E-state index contributed by atoms with van der Waals surface area (Å²) in [4.78, 5) is 21.2. The lowest BCUT2D eigenvalue weighted by molar-refractivity contribution is -0.130. The predicted molar refractivity (Wildman–Crippen MR) is 102 cm³/mol. The van der Waals surface area contributed by atoms with E-state index in [2.05, 4.69) is 16.0 Å². The van der Waals surface area contributed by atoms with E-state index in [0.717, 1.165) is 50.5 Å². The van der Waals surface area contributed by atoms with Crippen molar-refractivity contribution < 1.29 is 9.53 Å². The minimum absolute atomic E-state index is 0.206. The van der Waals surface area contributed by atoms with Crippen molar-refractivity contribution in [2.24, 2.45) is 0 Å². The van der Waals surface area contributed by atoms with Crippen LogP contribution in [0.25, 0.3) is 0 Å². The third-order valence-electron chi connectivity index (χ3n) is 4.66. The van der Waals surface area contributed by atoms with Gasteiger partial charge in [0.1, 0.15) is 5.75 Å². The summed E-state index contributed by atoms with van der Waals surface area (Å²) in [6, 6.07) is 11.9. The lowest BCUT2D eigenvalue weighted by atomic mass is 10.1. The maximum Gasteiger partial charge on any atom is 0.227 e. The van der Waals surface area contributed by atoms with E-state index in [-0.39, 0.29) is 5.91 Å². The van der Waals surface area contributed by atoms with Crippen LogP contribution in [0, 0.1) is 0 Å². The number of benzene rings is 1. The number of carbonyl (C=O) groups excluding carboxylic acids is 1. The van der Waals surface area contributed by atoms with E-state index < -0.39 is 0 Å². The summed E-state index contributed by atoms with van der Waals surface area (Å²) < 4.78 is 5.45. The summed E-state index contributed by atoms with van der Waals surface area (Å²) in [5.74, 6) is 1.06. The Balaban J connectivity index is 1.50. The minimum atomic E-state index is 0.206. The van der Waals surface area contributed by atoms with Crippen molar-refractivity contribution in [2.45, 2.75) is 26.3 Å². The van der Waals surface area contributed by atoms with E-state index in [1.165, 1.54) is 5.56 Å². The summed E-state index contributed by atoms with van der Waals surface area (Å²) in [7, 11) is 0. The molecule has 0 aliphatic carbocycles. The summed E-state index contributed by atoms with van der Waals surface area (Å²) in [5, 5.41) is 0. The molecule has 1 amide bonds. The highest BCUT2D eigenvalue weighted by Gasteiger charge is 2.19. The lowest BCUT2D eigenvalue weighted by Crippen LogP contribution is -2.36. The van der Waals surface area contributed by atoms with Gasteiger partial charge in [0.15, 0.2) is 0 Å². The number of aromatic nitrogens is 1. The molecule has 1 aromatic carbocycles. The topological polar surface area (TPSA) is 45.7 Å². The first kappa shape index (κ1) is 18.4. The van der Waals surface area contributed by atoms with Crippen molar-refractivity contribution in [1.29, 1.82) is 0 Å². The zero-order valence-corrected chi connectivity index (χ0v) is 15.4. The van der Waals surface area contributed by atoms with Crippen LogP contribution in [0.1, 0.15) is 24.5 Å². The molecule has 5 nitrogen and oxygen atoms in total. The first-order valence-corrected chi connectivity index (χ1v) is 9.35. The second-order valence-electron chi connectivity index (χ2n) is 6.63. The molecule has 26 heavy (non-hydrogen) atoms. The molecule has 0 unspecified atom stereocenters. The summed E-state index contributed by atoms with van der Waals surface area (Å²) in [5.41, 5.74) is 2.26. The molecule has 138 valence electrons. The molecule has 1 aromatic heterocycles. The van der Waals surface area contributed by atoms with Crippen LogP contribution >= 0.6 is 0 Å². The number of carbonyl (C=O) groups is 1. The van der Waals surface area contributed by atoms with Crippen LogP contribution in [0.4, 0.5) is 0 Å². The summed E-state index contributed by atoms with van der Waals surface area (Å²) in [6.45, 7) is 7.06. The number of ether oxygens (including phenoxy) is 1. The number of hydrogen-bond acceptors (Lipinski definition) is 4. The molecule has 0 radical (unpaired) electrons. The maximum absolute atomic E-state index is 12.7. The highest BCUT2D eigenvalue weighted by atomic mass is 16.5. The fourth-order valence-electron chi connectivity index (χ4n) is 3.28. The molecule has 0 N–H and O–H groups in total. The van der Waals surface area contributed by atoms with Gasteiger partial charge in [-0.15, -0.1) is 0 Å². The number of amides is 1. The third-order valence-corrected chi connectivity index (χ3v) is 4.66. The Kier molecular flexibility index (Phi) is 6.61. The largest absolute Gasteiger partial charge is 0.494 e. The van der Waals surface area contributed by atoms with E-state index in [4.69, 9.17) is 4.74 Å². The average Bonchev–Trinajstić information content (AvgIpc) is 2.90. The van der Waals surface area contributed by atoms with Gasteiger partial charge in [-0.3, -0.25) is 14.7 Å². The van der Waals surface area contributed by atoms with Crippen molar-refractivity contribution in [3.63, 3.8) is 0 Å². The molecule has 1 aliphatic rings. The molecule has 1 saturated heterocycles. The van der Waals surface area contributed by atoms with Crippen molar-refractivity contribution in [3.05, 3.63) is 59.9 Å². The van der Waals surface area contributed by atoms with Gasteiger partial charge in [-0.05, 0) is 42.7 Å². The molecule has 3 rings (SSSR count). The number of pyridine rings is 1. The Labute approximate surface area is 155 Å². The zero-order chi connectivity index (χ0) is 18.2. The normalized spacial score (nSPS) is 15.5. The van der Waals surface area contributed by atoms with Crippen LogP contribution in [0.2, 0.25) is 0 Å². The third kappa shape index (κ3) is 5.30. The zero-order valence-electron chi connectivity index (χ0n) is 15.4. The Morgan fingerprint density at radius 2 is 1.92 bits per heavy atom. The second kappa shape index (κ2) is 9.34. The molecule has 0 atom stereocenters. The van der Waals surface area contributed by atoms with Crippen LogP contribution in [0.5, 0.6) is 5.75 Å². The monoisotopic (exact) mass is 353 g/mol. The van der Waals surface area contributed by atoms with E-state index >= 15 is 0 Å². The minimum Gasteiger partial charge on any atom is -0.494 e. The van der Waals surface area contributed by atoms with Gasteiger partial charge in [-0.25, -0.2) is 0 Å². The smallest absolute Gasteiger partial charge is 0.227 e. The Hall–Kier alpha value is -2.40. The van der Waals surface area contributed by atoms with Gasteiger partial charge in [-0.2, -0.15) is 0 Å². The van der Waals surface area contributed by atoms with E-state index in [1.807, 2.05) is 48.4 Å². The van der Waals surface area contributed by atoms with Gasteiger partial charge >= 0.3 is 0 Å². The Morgan fingerprint density at radius 3 is 2.65 bits per heavy atom. The SMILES string of the molecule is CCOc1ccc(CC(=O)N2CCCN(Cc3cccnc3)CC2)cc1. The van der Waals surface area contributed by atoms with Gasteiger partial charge in [-0.1, -0.05) is 18.2 Å². The number of hydrogen-bond donors (Lipinski definition) is 0. The highest BCUT2D eigenvalue weighted by molar-refractivity contribution is 5.78. The molecule has 1 aliphatic heterocycles. The quantitative estimate of drug-likeness (QED) is 0.801. The first-order valence-electron chi connectivity index (χ1n) is 9.35. The molecule has 0 bridgehead atoms. The fraction of sp³-hybridized carbons (Fsp3) is 0.429. The van der Waals surface area contributed by atoms with E-state index in [0.29, 0.717) is 13.0 Å². The van der Waals surface area contributed by atoms with E-state index in [1.54, 1.807) is 6.20 Å². The van der Waals surface area contributed by atoms with Crippen LogP contribution in [0.3, 0.4) is 0 Å². The fourth-order valence-corrected chi connectivity index (χ4v) is 3.28. The number of rotatable bonds is 6. The van der Waals surface area contributed by atoms with Crippen molar-refractivity contribution in [2.75, 3.05) is 32.8 Å². The van der Waals surface area contributed by atoms with Crippen molar-refractivity contribution in [3.8, 4) is 5.75 Å². The van der Waals surface area contributed by atoms with Crippen LogP contribution in [-0.2, 0) is 17.8 Å². The first-order chi connectivity index (χ1) is 12.7.